The van der Waals surface area contributed by atoms with Crippen molar-refractivity contribution in [2.45, 2.75) is 10.7 Å². The molecule has 0 heterocycles. The van der Waals surface area contributed by atoms with Crippen LogP contribution in [-0.2, 0) is 9.84 Å². The van der Waals surface area contributed by atoms with Crippen molar-refractivity contribution < 1.29 is 17.2 Å². The van der Waals surface area contributed by atoms with Gasteiger partial charge in [0.2, 0.25) is 9.84 Å². The number of rotatable bonds is 2. The summed E-state index contributed by atoms with van der Waals surface area (Å²) in [6.07, 6.45) is 0. The molecular weight excluding hydrogens is 280 g/mol. The van der Waals surface area contributed by atoms with E-state index in [0.717, 1.165) is 6.07 Å². The molecule has 0 atom stereocenters. The van der Waals surface area contributed by atoms with Gasteiger partial charge in [-0.25, -0.2) is 8.42 Å². The molecule has 0 aromatic heterocycles. The lowest BCUT2D eigenvalue weighted by Crippen LogP contribution is -2.13. The number of halogens is 3. The molecule has 0 saturated heterocycles. The van der Waals surface area contributed by atoms with Gasteiger partial charge in [0.25, 0.3) is 0 Å². The third-order valence-corrected chi connectivity index (χ3v) is 3.45. The van der Waals surface area contributed by atoms with Crippen molar-refractivity contribution >= 4 is 31.5 Å². The molecule has 1 rings (SSSR count). The van der Waals surface area contributed by atoms with Crippen LogP contribution in [0.2, 0.25) is 0 Å². The number of hydrogen-bond donors (Lipinski definition) is 1. The highest BCUT2D eigenvalue weighted by Gasteiger charge is 2.28. The summed E-state index contributed by atoms with van der Waals surface area (Å²) in [5.41, 5.74) is 5.09. The van der Waals surface area contributed by atoms with Crippen LogP contribution in [-0.4, -0.2) is 14.2 Å². The van der Waals surface area contributed by atoms with Crippen LogP contribution in [0.1, 0.15) is 0 Å². The van der Waals surface area contributed by atoms with Crippen LogP contribution in [0.3, 0.4) is 0 Å². The quantitative estimate of drug-likeness (QED) is 0.846. The Morgan fingerprint density at radius 2 is 1.93 bits per heavy atom. The Hall–Kier alpha value is -0.690. The van der Waals surface area contributed by atoms with Gasteiger partial charge in [0.05, 0.1) is 10.6 Å². The minimum absolute atomic E-state index is 0.187. The molecule has 0 aliphatic rings. The van der Waals surface area contributed by atoms with Crippen molar-refractivity contribution in [1.29, 1.82) is 0 Å². The zero-order valence-corrected chi connectivity index (χ0v) is 9.15. The zero-order valence-electron chi connectivity index (χ0n) is 6.75. The van der Waals surface area contributed by atoms with Gasteiger partial charge in [-0.1, -0.05) is 15.9 Å². The van der Waals surface area contributed by atoms with Crippen molar-refractivity contribution in [3.8, 4) is 0 Å². The molecule has 14 heavy (non-hydrogen) atoms. The molecule has 3 nitrogen and oxygen atoms in total. The molecule has 0 spiro atoms. The second-order valence-corrected chi connectivity index (χ2v) is 5.29. The maximum absolute atomic E-state index is 12.2. The minimum Gasteiger partial charge on any atom is -0.398 e. The van der Waals surface area contributed by atoms with Gasteiger partial charge in [-0.2, -0.15) is 8.78 Å². The highest BCUT2D eigenvalue weighted by molar-refractivity contribution is 9.10. The lowest BCUT2D eigenvalue weighted by molar-refractivity contribution is 0.235. The first-order valence-corrected chi connectivity index (χ1v) is 5.76. The van der Waals surface area contributed by atoms with Crippen molar-refractivity contribution in [2.24, 2.45) is 0 Å². The molecule has 2 N–H and O–H groups in total. The Morgan fingerprint density at radius 1 is 1.36 bits per heavy atom. The van der Waals surface area contributed by atoms with Crippen LogP contribution in [0.4, 0.5) is 14.5 Å². The predicted molar refractivity (Wildman–Crippen MR) is 51.7 cm³/mol. The van der Waals surface area contributed by atoms with Crippen LogP contribution >= 0.6 is 15.9 Å². The van der Waals surface area contributed by atoms with Crippen LogP contribution in [0.5, 0.6) is 0 Å². The number of alkyl halides is 2. The summed E-state index contributed by atoms with van der Waals surface area (Å²) < 4.78 is 46.8. The second-order valence-electron chi connectivity index (χ2n) is 2.49. The fraction of sp³-hybridized carbons (Fsp3) is 0.143. The van der Waals surface area contributed by atoms with E-state index < -0.39 is 20.5 Å². The number of anilines is 1. The van der Waals surface area contributed by atoms with E-state index in [9.17, 15) is 17.2 Å². The molecule has 0 aliphatic heterocycles. The van der Waals surface area contributed by atoms with E-state index in [1.807, 2.05) is 0 Å². The van der Waals surface area contributed by atoms with Gasteiger partial charge < -0.3 is 5.73 Å². The third kappa shape index (κ3) is 2.03. The summed E-state index contributed by atoms with van der Waals surface area (Å²) in [7, 11) is -4.62. The summed E-state index contributed by atoms with van der Waals surface area (Å²) in [4.78, 5) is -0.554. The molecule has 0 radical (unpaired) electrons. The van der Waals surface area contributed by atoms with Crippen LogP contribution < -0.4 is 5.73 Å². The molecule has 0 bridgehead atoms. The molecule has 0 saturated carbocycles. The average Bonchev–Trinajstić information content (AvgIpc) is 2.08. The SMILES string of the molecule is Nc1ccc(Br)cc1S(=O)(=O)C(F)F. The number of hydrogen-bond acceptors (Lipinski definition) is 3. The van der Waals surface area contributed by atoms with Gasteiger partial charge >= 0.3 is 5.76 Å². The third-order valence-electron chi connectivity index (χ3n) is 1.52. The Balaban J connectivity index is 3.40. The van der Waals surface area contributed by atoms with Crippen LogP contribution in [0.25, 0.3) is 0 Å². The molecule has 0 fully saturated rings. The summed E-state index contributed by atoms with van der Waals surface area (Å²) in [5, 5.41) is 0. The Kier molecular flexibility index (Phi) is 3.10. The lowest BCUT2D eigenvalue weighted by Gasteiger charge is -2.06. The fourth-order valence-electron chi connectivity index (χ4n) is 0.851. The molecule has 1 aromatic rings. The number of nitrogen functional groups attached to an aromatic ring is 1. The molecule has 0 unspecified atom stereocenters. The maximum Gasteiger partial charge on any atom is 0.341 e. The number of benzene rings is 1. The summed E-state index contributed by atoms with van der Waals surface area (Å²) >= 11 is 2.97. The maximum atomic E-state index is 12.2. The zero-order chi connectivity index (χ0) is 10.9. The van der Waals surface area contributed by atoms with Gasteiger partial charge in [-0.15, -0.1) is 0 Å². The van der Waals surface area contributed by atoms with E-state index in [1.54, 1.807) is 0 Å². The first-order chi connectivity index (χ1) is 6.35. The molecule has 7 heteroatoms. The Labute approximate surface area is 88.0 Å². The summed E-state index contributed by atoms with van der Waals surface area (Å²) in [6.45, 7) is 0. The molecule has 1 aromatic carbocycles. The smallest absolute Gasteiger partial charge is 0.341 e. The predicted octanol–water partition coefficient (Wildman–Crippen LogP) is 2.03. The van der Waals surface area contributed by atoms with E-state index in [4.69, 9.17) is 5.73 Å². The Morgan fingerprint density at radius 3 is 2.43 bits per heavy atom. The van der Waals surface area contributed by atoms with E-state index in [1.165, 1.54) is 12.1 Å². The van der Waals surface area contributed by atoms with Gasteiger partial charge in [-0.05, 0) is 18.2 Å². The lowest BCUT2D eigenvalue weighted by atomic mass is 10.3. The van der Waals surface area contributed by atoms with Crippen LogP contribution in [0, 0.1) is 0 Å². The van der Waals surface area contributed by atoms with Crippen molar-refractivity contribution in [3.63, 3.8) is 0 Å². The van der Waals surface area contributed by atoms with Crippen LogP contribution in [0.15, 0.2) is 27.6 Å². The van der Waals surface area contributed by atoms with E-state index >= 15 is 0 Å². The van der Waals surface area contributed by atoms with Gasteiger partial charge in [0, 0.05) is 4.47 Å². The molecule has 0 aliphatic carbocycles. The highest BCUT2D eigenvalue weighted by atomic mass is 79.9. The fourth-order valence-corrected chi connectivity index (χ4v) is 2.24. The minimum atomic E-state index is -4.62. The van der Waals surface area contributed by atoms with E-state index in [0.29, 0.717) is 4.47 Å². The second kappa shape index (κ2) is 3.82. The average molecular weight is 286 g/mol. The first kappa shape index (κ1) is 11.4. The summed E-state index contributed by atoms with van der Waals surface area (Å²) in [6, 6.07) is 3.77. The topological polar surface area (TPSA) is 60.2 Å². The molecule has 0 amide bonds. The molecule has 78 valence electrons. The van der Waals surface area contributed by atoms with Gasteiger partial charge in [0.1, 0.15) is 0 Å². The van der Waals surface area contributed by atoms with E-state index in [2.05, 4.69) is 15.9 Å². The molecular formula is C7H6BrF2NO2S. The van der Waals surface area contributed by atoms with Gasteiger partial charge in [0.15, 0.2) is 0 Å². The van der Waals surface area contributed by atoms with Crippen molar-refractivity contribution in [2.75, 3.05) is 5.73 Å². The summed E-state index contributed by atoms with van der Waals surface area (Å²) in [5.74, 6) is -3.46. The number of nitrogens with two attached hydrogens (primary N) is 1. The standard InChI is InChI=1S/C7H6BrF2NO2S/c8-4-1-2-5(11)6(3-4)14(12,13)7(9)10/h1-3,7H,11H2. The Bertz CT molecular complexity index is 447. The number of sulfone groups is 1. The normalized spacial score (nSPS) is 12.0. The van der Waals surface area contributed by atoms with Crippen molar-refractivity contribution in [3.05, 3.63) is 22.7 Å². The largest absolute Gasteiger partial charge is 0.398 e. The first-order valence-electron chi connectivity index (χ1n) is 3.43. The highest BCUT2D eigenvalue weighted by Crippen LogP contribution is 2.27. The van der Waals surface area contributed by atoms with Crippen molar-refractivity contribution in [1.82, 2.24) is 0 Å². The van der Waals surface area contributed by atoms with Gasteiger partial charge in [-0.3, -0.25) is 0 Å². The monoisotopic (exact) mass is 285 g/mol. The van der Waals surface area contributed by atoms with E-state index in [-0.39, 0.29) is 5.69 Å².